The quantitative estimate of drug-likeness (QED) is 0.133. The summed E-state index contributed by atoms with van der Waals surface area (Å²) in [5.74, 6) is 0.0842. The SMILES string of the molecule is CCC(C)(CCC(C)C)C(=O)[O][Bi]([O]C(=O)C(C)(CC)CCC(C)C)[O]C(=O)C(C)(CC)CCC(C)C. The van der Waals surface area contributed by atoms with E-state index in [0.29, 0.717) is 56.3 Å². The van der Waals surface area contributed by atoms with Crippen molar-refractivity contribution in [2.24, 2.45) is 34.0 Å². The van der Waals surface area contributed by atoms with Crippen molar-refractivity contribution in [3.8, 4) is 0 Å². The third-order valence-corrected chi connectivity index (χ3v) is 11.8. The standard InChI is InChI=1S/3C10H20O2.Bi/c3*1-5-10(4,9(11)12)7-6-8(2)3;/h3*8H,5-7H2,1-4H3,(H,11,12);/q;;;+3/p-3. The van der Waals surface area contributed by atoms with E-state index in [1.54, 1.807) is 0 Å². The fourth-order valence-corrected chi connectivity index (χ4v) is 8.26. The maximum atomic E-state index is 13.4. The van der Waals surface area contributed by atoms with Gasteiger partial charge < -0.3 is 0 Å². The molecule has 0 amide bonds. The van der Waals surface area contributed by atoms with Crippen LogP contribution < -0.4 is 0 Å². The zero-order valence-electron chi connectivity index (χ0n) is 26.0. The topological polar surface area (TPSA) is 78.9 Å². The number of hydrogen-bond donors (Lipinski definition) is 0. The van der Waals surface area contributed by atoms with Crippen molar-refractivity contribution in [3.63, 3.8) is 0 Å². The zero-order chi connectivity index (χ0) is 29.0. The van der Waals surface area contributed by atoms with Gasteiger partial charge in [0.25, 0.3) is 0 Å². The van der Waals surface area contributed by atoms with Crippen LogP contribution in [0.3, 0.4) is 0 Å². The van der Waals surface area contributed by atoms with E-state index >= 15 is 0 Å². The molecule has 0 fully saturated rings. The van der Waals surface area contributed by atoms with E-state index in [1.165, 1.54) is 0 Å². The van der Waals surface area contributed by atoms with E-state index in [9.17, 15) is 14.4 Å². The first-order valence-corrected chi connectivity index (χ1v) is 18.7. The van der Waals surface area contributed by atoms with Crippen molar-refractivity contribution >= 4 is 41.0 Å². The van der Waals surface area contributed by atoms with Gasteiger partial charge in [-0.3, -0.25) is 0 Å². The summed E-state index contributed by atoms with van der Waals surface area (Å²) in [7, 11) is 0. The van der Waals surface area contributed by atoms with E-state index in [-0.39, 0.29) is 0 Å². The van der Waals surface area contributed by atoms with Crippen molar-refractivity contribution in [2.75, 3.05) is 0 Å². The Hall–Kier alpha value is -0.707. The summed E-state index contributed by atoms with van der Waals surface area (Å²) in [5, 5.41) is 0. The summed E-state index contributed by atoms with van der Waals surface area (Å²) in [6.07, 6.45) is 6.44. The van der Waals surface area contributed by atoms with Crippen LogP contribution in [0.25, 0.3) is 0 Å². The first-order valence-electron chi connectivity index (χ1n) is 14.5. The van der Waals surface area contributed by atoms with Crippen LogP contribution >= 0.6 is 0 Å². The van der Waals surface area contributed by atoms with Crippen LogP contribution in [0.5, 0.6) is 0 Å². The van der Waals surface area contributed by atoms with E-state index in [0.717, 1.165) is 19.3 Å². The minimum atomic E-state index is -4.26. The number of carbonyl (C=O) groups excluding carboxylic acids is 3. The molecule has 0 aliphatic carbocycles. The van der Waals surface area contributed by atoms with Gasteiger partial charge >= 0.3 is 239 Å². The van der Waals surface area contributed by atoms with Gasteiger partial charge in [0.15, 0.2) is 0 Å². The average molecular weight is 723 g/mol. The molecule has 7 heteroatoms. The van der Waals surface area contributed by atoms with Crippen LogP contribution in [-0.4, -0.2) is 41.0 Å². The van der Waals surface area contributed by atoms with E-state index in [1.807, 2.05) is 41.5 Å². The Labute approximate surface area is 237 Å². The average Bonchev–Trinajstić information content (AvgIpc) is 2.83. The molecule has 0 spiro atoms. The second-order valence-corrected chi connectivity index (χ2v) is 16.8. The molecular weight excluding hydrogens is 665 g/mol. The van der Waals surface area contributed by atoms with E-state index < -0.39 is 57.2 Å². The molecule has 3 unspecified atom stereocenters. The molecule has 0 aromatic carbocycles. The molecule has 0 aliphatic rings. The Bertz CT molecular complexity index is 626. The Kier molecular flexibility index (Phi) is 16.1. The second kappa shape index (κ2) is 16.4. The van der Waals surface area contributed by atoms with Crippen LogP contribution in [0.2, 0.25) is 0 Å². The predicted octanol–water partition coefficient (Wildman–Crippen LogP) is 8.16. The molecule has 0 bridgehead atoms. The monoisotopic (exact) mass is 722 g/mol. The summed E-state index contributed by atoms with van der Waals surface area (Å²) in [4.78, 5) is 40.2. The molecule has 37 heavy (non-hydrogen) atoms. The number of rotatable bonds is 18. The van der Waals surface area contributed by atoms with E-state index in [4.69, 9.17) is 8.44 Å². The van der Waals surface area contributed by atoms with Crippen molar-refractivity contribution < 1.29 is 22.8 Å². The number of carbonyl (C=O) groups is 3. The molecule has 0 saturated heterocycles. The van der Waals surface area contributed by atoms with Gasteiger partial charge in [0.2, 0.25) is 0 Å². The molecule has 0 saturated carbocycles. The second-order valence-electron chi connectivity index (χ2n) is 12.9. The van der Waals surface area contributed by atoms with Crippen LogP contribution in [0.4, 0.5) is 0 Å². The van der Waals surface area contributed by atoms with Gasteiger partial charge in [0, 0.05) is 0 Å². The molecule has 0 aromatic rings. The third kappa shape index (κ3) is 12.3. The van der Waals surface area contributed by atoms with E-state index in [2.05, 4.69) is 41.5 Å². The zero-order valence-corrected chi connectivity index (χ0v) is 29.5. The first-order chi connectivity index (χ1) is 17.0. The van der Waals surface area contributed by atoms with Crippen molar-refractivity contribution in [2.45, 2.75) is 141 Å². The summed E-state index contributed by atoms with van der Waals surface area (Å²) in [6.45, 7) is 24.3. The van der Waals surface area contributed by atoms with Crippen molar-refractivity contribution in [1.29, 1.82) is 0 Å². The van der Waals surface area contributed by atoms with Crippen LogP contribution in [0.1, 0.15) is 141 Å². The van der Waals surface area contributed by atoms with Gasteiger partial charge in [-0.2, -0.15) is 0 Å². The molecule has 0 rings (SSSR count). The molecule has 0 aromatic heterocycles. The van der Waals surface area contributed by atoms with Crippen LogP contribution in [0.15, 0.2) is 0 Å². The minimum absolute atomic E-state index is 0.421. The van der Waals surface area contributed by atoms with Gasteiger partial charge in [0.1, 0.15) is 0 Å². The Morgan fingerprint density at radius 2 is 0.757 bits per heavy atom. The first kappa shape index (κ1) is 36.3. The van der Waals surface area contributed by atoms with Gasteiger partial charge in [-0.15, -0.1) is 0 Å². The molecule has 6 nitrogen and oxygen atoms in total. The van der Waals surface area contributed by atoms with Gasteiger partial charge in [-0.1, -0.05) is 0 Å². The summed E-state index contributed by atoms with van der Waals surface area (Å²) < 4.78 is 17.7. The molecular formula is C30H57BiO6. The summed E-state index contributed by atoms with van der Waals surface area (Å²) in [6, 6.07) is 0. The fraction of sp³-hybridized carbons (Fsp3) is 0.900. The molecule has 218 valence electrons. The Morgan fingerprint density at radius 3 is 0.919 bits per heavy atom. The summed E-state index contributed by atoms with van der Waals surface area (Å²) in [5.41, 5.74) is -2.14. The van der Waals surface area contributed by atoms with Gasteiger partial charge in [-0.05, 0) is 0 Å². The Morgan fingerprint density at radius 1 is 0.541 bits per heavy atom. The molecule has 3 atom stereocenters. The van der Waals surface area contributed by atoms with Crippen molar-refractivity contribution in [3.05, 3.63) is 0 Å². The van der Waals surface area contributed by atoms with Crippen LogP contribution in [0, 0.1) is 34.0 Å². The van der Waals surface area contributed by atoms with Crippen molar-refractivity contribution in [1.82, 2.24) is 0 Å². The molecule has 0 heterocycles. The predicted molar refractivity (Wildman–Crippen MR) is 151 cm³/mol. The fourth-order valence-electron chi connectivity index (χ4n) is 3.68. The van der Waals surface area contributed by atoms with Gasteiger partial charge in [0.05, 0.1) is 0 Å². The number of hydrogen-bond acceptors (Lipinski definition) is 6. The third-order valence-electron chi connectivity index (χ3n) is 8.11. The normalized spacial score (nSPS) is 16.9. The Balaban J connectivity index is 5.98. The van der Waals surface area contributed by atoms with Gasteiger partial charge in [-0.25, -0.2) is 0 Å². The molecule has 0 N–H and O–H groups in total. The molecule has 0 aliphatic heterocycles. The van der Waals surface area contributed by atoms with Crippen LogP contribution in [-0.2, 0) is 22.8 Å². The maximum absolute atomic E-state index is 13.4. The molecule has 0 radical (unpaired) electrons. The summed E-state index contributed by atoms with van der Waals surface area (Å²) >= 11 is -4.26.